The number of hydrogen-bond donors (Lipinski definition) is 0. The summed E-state index contributed by atoms with van der Waals surface area (Å²) < 4.78 is 49.6. The van der Waals surface area contributed by atoms with Crippen molar-refractivity contribution in [3.05, 3.63) is 99.0 Å². The molecule has 0 radical (unpaired) electrons. The van der Waals surface area contributed by atoms with E-state index < -0.39 is 22.9 Å². The largest absolute Gasteiger partial charge is 0.488 e. The highest BCUT2D eigenvalue weighted by Crippen LogP contribution is 2.36. The lowest BCUT2D eigenvalue weighted by molar-refractivity contribution is -0.138. The smallest absolute Gasteiger partial charge is 0.416 e. The molecule has 2 aromatic heterocycles. The molecular formula is C27H18ClF3N4O3S. The fourth-order valence-corrected chi connectivity index (χ4v) is 5.51. The Morgan fingerprint density at radius 2 is 1.95 bits per heavy atom. The minimum Gasteiger partial charge on any atom is -0.488 e. The lowest BCUT2D eigenvalue weighted by atomic mass is 10.1. The number of carbonyl (C=O) groups excluding carboxylic acids is 2. The number of benzene rings is 2. The molecule has 0 unspecified atom stereocenters. The van der Waals surface area contributed by atoms with Gasteiger partial charge in [0, 0.05) is 22.8 Å². The van der Waals surface area contributed by atoms with Gasteiger partial charge in [-0.3, -0.25) is 19.2 Å². The van der Waals surface area contributed by atoms with Crippen LogP contribution < -0.4 is 0 Å². The van der Waals surface area contributed by atoms with Crippen molar-refractivity contribution in [1.29, 1.82) is 0 Å². The van der Waals surface area contributed by atoms with E-state index in [1.807, 2.05) is 22.9 Å². The molecule has 0 atom stereocenters. The number of rotatable bonds is 5. The molecule has 12 heteroatoms. The Balaban J connectivity index is 1.22. The predicted octanol–water partition coefficient (Wildman–Crippen LogP) is 6.62. The summed E-state index contributed by atoms with van der Waals surface area (Å²) in [7, 11) is 0. The Kier molecular flexibility index (Phi) is 6.27. The van der Waals surface area contributed by atoms with Gasteiger partial charge in [-0.25, -0.2) is 0 Å². The summed E-state index contributed by atoms with van der Waals surface area (Å²) in [6.45, 7) is 0.278. The first-order valence-electron chi connectivity index (χ1n) is 11.7. The third-order valence-electron chi connectivity index (χ3n) is 6.40. The van der Waals surface area contributed by atoms with Crippen LogP contribution >= 0.6 is 23.4 Å². The highest BCUT2D eigenvalue weighted by atomic mass is 35.5. The summed E-state index contributed by atoms with van der Waals surface area (Å²) in [5, 5.41) is 4.55. The van der Waals surface area contributed by atoms with Crippen molar-refractivity contribution in [3.8, 4) is 0 Å². The van der Waals surface area contributed by atoms with Gasteiger partial charge in [-0.1, -0.05) is 23.7 Å². The van der Waals surface area contributed by atoms with E-state index in [1.165, 1.54) is 16.8 Å². The molecule has 2 aliphatic rings. The first-order chi connectivity index (χ1) is 18.7. The standard InChI is InChI=1S/C27H18ClF3N4O3S/c28-19-5-4-17(22(10-19)27(29,30)31)12-35-23-6-3-16(8-18(23)11-32-35)9-24-25(36)34(26(37)39-24)14-21-13-33-7-1-2-20(33)15-38-21/h1-11,13H,12,14-15H2/b24-9-. The van der Waals surface area contributed by atoms with Crippen LogP contribution in [0.5, 0.6) is 0 Å². The molecule has 0 aliphatic carbocycles. The van der Waals surface area contributed by atoms with E-state index in [1.54, 1.807) is 36.7 Å². The van der Waals surface area contributed by atoms with E-state index in [4.69, 9.17) is 16.3 Å². The second kappa shape index (κ2) is 9.65. The van der Waals surface area contributed by atoms with Crippen molar-refractivity contribution in [2.45, 2.75) is 19.3 Å². The quantitative estimate of drug-likeness (QED) is 0.252. The van der Waals surface area contributed by atoms with Crippen molar-refractivity contribution in [2.24, 2.45) is 0 Å². The van der Waals surface area contributed by atoms with E-state index in [9.17, 15) is 22.8 Å². The van der Waals surface area contributed by atoms with E-state index in [2.05, 4.69) is 5.10 Å². The van der Waals surface area contributed by atoms with Crippen molar-refractivity contribution in [3.63, 3.8) is 0 Å². The summed E-state index contributed by atoms with van der Waals surface area (Å²) in [6, 6.07) is 12.7. The van der Waals surface area contributed by atoms with E-state index >= 15 is 0 Å². The van der Waals surface area contributed by atoms with Crippen LogP contribution in [-0.2, 0) is 28.9 Å². The maximum Gasteiger partial charge on any atom is 0.416 e. The molecule has 39 heavy (non-hydrogen) atoms. The van der Waals surface area contributed by atoms with Crippen LogP contribution in [0.2, 0.25) is 5.02 Å². The molecule has 6 rings (SSSR count). The number of nitrogens with zero attached hydrogens (tertiary/aromatic N) is 4. The van der Waals surface area contributed by atoms with Gasteiger partial charge < -0.3 is 9.30 Å². The normalized spacial score (nSPS) is 16.7. The summed E-state index contributed by atoms with van der Waals surface area (Å²) in [5.41, 5.74) is 1.48. The lowest BCUT2D eigenvalue weighted by Crippen LogP contribution is -2.31. The van der Waals surface area contributed by atoms with E-state index in [0.717, 1.165) is 28.4 Å². The molecule has 2 aromatic carbocycles. The topological polar surface area (TPSA) is 69.4 Å². The van der Waals surface area contributed by atoms with Crippen LogP contribution in [0.1, 0.15) is 22.4 Å². The number of fused-ring (bicyclic) bond motifs is 2. The average molecular weight is 571 g/mol. The minimum atomic E-state index is -4.55. The molecule has 2 amide bonds. The number of alkyl halides is 3. The molecule has 1 saturated heterocycles. The Bertz CT molecular complexity index is 1710. The number of ether oxygens (including phenoxy) is 1. The van der Waals surface area contributed by atoms with Crippen LogP contribution in [0.25, 0.3) is 23.2 Å². The van der Waals surface area contributed by atoms with Gasteiger partial charge in [0.25, 0.3) is 11.1 Å². The monoisotopic (exact) mass is 570 g/mol. The highest BCUT2D eigenvalue weighted by molar-refractivity contribution is 8.18. The molecule has 7 nitrogen and oxygen atoms in total. The maximum atomic E-state index is 13.5. The van der Waals surface area contributed by atoms with Gasteiger partial charge in [0.1, 0.15) is 12.4 Å². The second-order valence-electron chi connectivity index (χ2n) is 8.98. The SMILES string of the molecule is O=C1S/C(=C\c2ccc3c(cnn3Cc3ccc(Cl)cc3C(F)(F)F)c2)C(=O)N1CC1=Cn2cccc2CO1. The zero-order valence-electron chi connectivity index (χ0n) is 20.0. The molecule has 1 fully saturated rings. The number of amides is 2. The molecular weight excluding hydrogens is 553 g/mol. The van der Waals surface area contributed by atoms with Crippen LogP contribution in [0.3, 0.4) is 0 Å². The Hall–Kier alpha value is -3.96. The number of halogens is 4. The van der Waals surface area contributed by atoms with Gasteiger partial charge in [0.05, 0.1) is 41.0 Å². The van der Waals surface area contributed by atoms with Crippen molar-refractivity contribution in [2.75, 3.05) is 6.54 Å². The van der Waals surface area contributed by atoms with Crippen LogP contribution in [0.15, 0.2) is 71.6 Å². The summed E-state index contributed by atoms with van der Waals surface area (Å²) in [4.78, 5) is 27.0. The minimum absolute atomic E-state index is 0.00323. The molecule has 198 valence electrons. The number of aromatic nitrogens is 3. The number of thioether (sulfide) groups is 1. The maximum absolute atomic E-state index is 13.5. The number of hydrogen-bond acceptors (Lipinski definition) is 5. The summed E-state index contributed by atoms with van der Waals surface area (Å²) >= 11 is 6.63. The fraction of sp³-hybridized carbons (Fsp3) is 0.148. The van der Waals surface area contributed by atoms with Gasteiger partial charge >= 0.3 is 6.18 Å². The molecule has 0 spiro atoms. The molecule has 0 saturated carbocycles. The molecule has 0 N–H and O–H groups in total. The molecule has 0 bridgehead atoms. The Morgan fingerprint density at radius 3 is 2.77 bits per heavy atom. The van der Waals surface area contributed by atoms with Gasteiger partial charge in [0.2, 0.25) is 0 Å². The zero-order valence-corrected chi connectivity index (χ0v) is 21.6. The van der Waals surface area contributed by atoms with Crippen LogP contribution in [-0.4, -0.2) is 36.9 Å². The first-order valence-corrected chi connectivity index (χ1v) is 12.9. The third kappa shape index (κ3) is 4.95. The van der Waals surface area contributed by atoms with Gasteiger partial charge in [-0.2, -0.15) is 18.3 Å². The second-order valence-corrected chi connectivity index (χ2v) is 10.4. The molecule has 4 heterocycles. The van der Waals surface area contributed by atoms with Crippen molar-refractivity contribution < 1.29 is 27.5 Å². The van der Waals surface area contributed by atoms with Gasteiger partial charge in [-0.05, 0) is 65.4 Å². The number of imide groups is 1. The Labute approximate surface area is 229 Å². The first kappa shape index (κ1) is 25.3. The predicted molar refractivity (Wildman–Crippen MR) is 141 cm³/mol. The van der Waals surface area contributed by atoms with Crippen LogP contribution in [0, 0.1) is 0 Å². The van der Waals surface area contributed by atoms with Gasteiger partial charge in [0.15, 0.2) is 0 Å². The third-order valence-corrected chi connectivity index (χ3v) is 7.55. The van der Waals surface area contributed by atoms with Crippen molar-refractivity contribution in [1.82, 2.24) is 19.2 Å². The summed E-state index contributed by atoms with van der Waals surface area (Å²) in [5.74, 6) is 0.0801. The van der Waals surface area contributed by atoms with E-state index in [0.29, 0.717) is 28.8 Å². The summed E-state index contributed by atoms with van der Waals surface area (Å²) in [6.07, 6.45) is 2.23. The average Bonchev–Trinajstić information content (AvgIpc) is 3.59. The molecule has 4 aromatic rings. The van der Waals surface area contributed by atoms with Crippen LogP contribution in [0.4, 0.5) is 18.0 Å². The zero-order chi connectivity index (χ0) is 27.3. The molecule has 2 aliphatic heterocycles. The van der Waals surface area contributed by atoms with Crippen molar-refractivity contribution >= 4 is 57.7 Å². The number of carbonyl (C=O) groups is 2. The highest BCUT2D eigenvalue weighted by Gasteiger charge is 2.36. The van der Waals surface area contributed by atoms with E-state index in [-0.39, 0.29) is 28.6 Å². The fourth-order valence-electron chi connectivity index (χ4n) is 4.50. The van der Waals surface area contributed by atoms with Gasteiger partial charge in [-0.15, -0.1) is 0 Å². The Morgan fingerprint density at radius 1 is 1.10 bits per heavy atom. The lowest BCUT2D eigenvalue weighted by Gasteiger charge is -2.20.